The SMILES string of the molecule is Cc1nc2ccc(Cl)cc2c(-c2ccccc2)c1CC=O. The molecule has 3 rings (SSSR count). The number of rotatable bonds is 3. The first-order valence-corrected chi connectivity index (χ1v) is 7.16. The van der Waals surface area contributed by atoms with Crippen LogP contribution in [-0.4, -0.2) is 11.3 Å². The minimum Gasteiger partial charge on any atom is -0.303 e. The Kier molecular flexibility index (Phi) is 3.72. The predicted octanol–water partition coefficient (Wildman–Crippen LogP) is 4.61. The summed E-state index contributed by atoms with van der Waals surface area (Å²) in [7, 11) is 0. The molecule has 0 unspecified atom stereocenters. The van der Waals surface area contributed by atoms with Crippen molar-refractivity contribution in [3.05, 3.63) is 64.8 Å². The van der Waals surface area contributed by atoms with Crippen molar-refractivity contribution in [2.75, 3.05) is 0 Å². The number of aromatic nitrogens is 1. The number of aldehydes is 1. The highest BCUT2D eigenvalue weighted by Crippen LogP contribution is 2.34. The number of pyridine rings is 1. The fraction of sp³-hybridized carbons (Fsp3) is 0.111. The Bertz CT molecular complexity index is 812. The lowest BCUT2D eigenvalue weighted by molar-refractivity contribution is -0.107. The minimum absolute atomic E-state index is 0.353. The highest BCUT2D eigenvalue weighted by molar-refractivity contribution is 6.31. The van der Waals surface area contributed by atoms with Crippen LogP contribution in [0.1, 0.15) is 11.3 Å². The second kappa shape index (κ2) is 5.66. The van der Waals surface area contributed by atoms with Gasteiger partial charge in [-0.2, -0.15) is 0 Å². The average molecular weight is 296 g/mol. The lowest BCUT2D eigenvalue weighted by Crippen LogP contribution is -2.00. The first kappa shape index (κ1) is 13.8. The third-order valence-electron chi connectivity index (χ3n) is 3.60. The predicted molar refractivity (Wildman–Crippen MR) is 86.7 cm³/mol. The summed E-state index contributed by atoms with van der Waals surface area (Å²) in [5.41, 5.74) is 4.87. The zero-order chi connectivity index (χ0) is 14.8. The second-order valence-electron chi connectivity index (χ2n) is 4.95. The third-order valence-corrected chi connectivity index (χ3v) is 3.84. The van der Waals surface area contributed by atoms with Crippen molar-refractivity contribution < 1.29 is 4.79 Å². The number of benzene rings is 2. The first-order valence-electron chi connectivity index (χ1n) is 6.78. The monoisotopic (exact) mass is 295 g/mol. The Balaban J connectivity index is 2.43. The normalized spacial score (nSPS) is 10.8. The van der Waals surface area contributed by atoms with Gasteiger partial charge in [-0.3, -0.25) is 4.98 Å². The zero-order valence-corrected chi connectivity index (χ0v) is 12.4. The molecule has 0 bridgehead atoms. The molecule has 3 aromatic rings. The van der Waals surface area contributed by atoms with Crippen molar-refractivity contribution in [2.24, 2.45) is 0 Å². The highest BCUT2D eigenvalue weighted by Gasteiger charge is 2.14. The molecular formula is C18H14ClNO. The highest BCUT2D eigenvalue weighted by atomic mass is 35.5. The van der Waals surface area contributed by atoms with E-state index in [1.165, 1.54) is 0 Å². The van der Waals surface area contributed by atoms with Gasteiger partial charge in [-0.15, -0.1) is 0 Å². The van der Waals surface area contributed by atoms with E-state index in [9.17, 15) is 4.79 Å². The number of hydrogen-bond donors (Lipinski definition) is 0. The van der Waals surface area contributed by atoms with Gasteiger partial charge < -0.3 is 4.79 Å². The van der Waals surface area contributed by atoms with E-state index < -0.39 is 0 Å². The number of hydrogen-bond acceptors (Lipinski definition) is 2. The Hall–Kier alpha value is -2.19. The Morgan fingerprint density at radius 2 is 1.90 bits per heavy atom. The van der Waals surface area contributed by atoms with Crippen LogP contribution in [0.15, 0.2) is 48.5 Å². The topological polar surface area (TPSA) is 30.0 Å². The van der Waals surface area contributed by atoms with Crippen molar-refractivity contribution >= 4 is 28.8 Å². The number of nitrogens with zero attached hydrogens (tertiary/aromatic N) is 1. The van der Waals surface area contributed by atoms with Gasteiger partial charge in [0.15, 0.2) is 0 Å². The Morgan fingerprint density at radius 1 is 1.14 bits per heavy atom. The largest absolute Gasteiger partial charge is 0.303 e. The molecule has 0 aliphatic rings. The molecule has 0 fully saturated rings. The van der Waals surface area contributed by atoms with E-state index in [0.717, 1.165) is 39.6 Å². The van der Waals surface area contributed by atoms with Crippen LogP contribution < -0.4 is 0 Å². The number of aryl methyl sites for hydroxylation is 1. The summed E-state index contributed by atoms with van der Waals surface area (Å²) in [6.45, 7) is 1.94. The molecule has 0 amide bonds. The molecule has 0 saturated heterocycles. The summed E-state index contributed by atoms with van der Waals surface area (Å²) in [6.07, 6.45) is 1.28. The molecule has 0 atom stereocenters. The van der Waals surface area contributed by atoms with E-state index >= 15 is 0 Å². The molecule has 3 heteroatoms. The zero-order valence-electron chi connectivity index (χ0n) is 11.6. The van der Waals surface area contributed by atoms with Gasteiger partial charge in [0.05, 0.1) is 5.52 Å². The van der Waals surface area contributed by atoms with E-state index in [0.29, 0.717) is 11.4 Å². The summed E-state index contributed by atoms with van der Waals surface area (Å²) in [6, 6.07) is 15.7. The van der Waals surface area contributed by atoms with Gasteiger partial charge >= 0.3 is 0 Å². The quantitative estimate of drug-likeness (QED) is 0.661. The molecule has 0 aliphatic heterocycles. The number of fused-ring (bicyclic) bond motifs is 1. The van der Waals surface area contributed by atoms with Gasteiger partial charge in [-0.25, -0.2) is 0 Å². The molecule has 0 saturated carbocycles. The number of carbonyl (C=O) groups excluding carboxylic acids is 1. The van der Waals surface area contributed by atoms with E-state index in [1.54, 1.807) is 0 Å². The Morgan fingerprint density at radius 3 is 2.62 bits per heavy atom. The summed E-state index contributed by atoms with van der Waals surface area (Å²) in [5, 5.41) is 1.65. The van der Waals surface area contributed by atoms with Crippen molar-refractivity contribution in [3.63, 3.8) is 0 Å². The van der Waals surface area contributed by atoms with Crippen molar-refractivity contribution in [2.45, 2.75) is 13.3 Å². The first-order chi connectivity index (χ1) is 10.2. The molecule has 0 spiro atoms. The summed E-state index contributed by atoms with van der Waals surface area (Å²) >= 11 is 6.15. The van der Waals surface area contributed by atoms with Crippen LogP contribution in [0.25, 0.3) is 22.0 Å². The molecule has 21 heavy (non-hydrogen) atoms. The third kappa shape index (κ3) is 2.55. The maximum absolute atomic E-state index is 11.1. The average Bonchev–Trinajstić information content (AvgIpc) is 2.50. The molecule has 0 N–H and O–H groups in total. The maximum Gasteiger partial charge on any atom is 0.124 e. The van der Waals surface area contributed by atoms with Crippen LogP contribution in [0, 0.1) is 6.92 Å². The smallest absolute Gasteiger partial charge is 0.124 e. The summed E-state index contributed by atoms with van der Waals surface area (Å²) in [4.78, 5) is 15.7. The number of carbonyl (C=O) groups is 1. The van der Waals surface area contributed by atoms with Gasteiger partial charge in [-0.1, -0.05) is 41.9 Å². The van der Waals surface area contributed by atoms with Crippen LogP contribution in [-0.2, 0) is 11.2 Å². The van der Waals surface area contributed by atoms with Gasteiger partial charge in [0.2, 0.25) is 0 Å². The van der Waals surface area contributed by atoms with Gasteiger partial charge in [0.25, 0.3) is 0 Å². The molecular weight excluding hydrogens is 282 g/mol. The van der Waals surface area contributed by atoms with Crippen LogP contribution in [0.4, 0.5) is 0 Å². The van der Waals surface area contributed by atoms with Crippen LogP contribution in [0.2, 0.25) is 5.02 Å². The van der Waals surface area contributed by atoms with E-state index in [4.69, 9.17) is 11.6 Å². The molecule has 2 nitrogen and oxygen atoms in total. The number of halogens is 1. The van der Waals surface area contributed by atoms with Crippen molar-refractivity contribution in [1.82, 2.24) is 4.98 Å². The molecule has 2 aromatic carbocycles. The summed E-state index contributed by atoms with van der Waals surface area (Å²) < 4.78 is 0. The fourth-order valence-electron chi connectivity index (χ4n) is 2.67. The van der Waals surface area contributed by atoms with Crippen LogP contribution in [0.5, 0.6) is 0 Å². The summed E-state index contributed by atoms with van der Waals surface area (Å²) in [5.74, 6) is 0. The van der Waals surface area contributed by atoms with Crippen molar-refractivity contribution in [3.8, 4) is 11.1 Å². The molecule has 0 aliphatic carbocycles. The van der Waals surface area contributed by atoms with E-state index in [2.05, 4.69) is 4.98 Å². The second-order valence-corrected chi connectivity index (χ2v) is 5.39. The molecule has 0 radical (unpaired) electrons. The molecule has 1 heterocycles. The maximum atomic E-state index is 11.1. The van der Waals surface area contributed by atoms with Crippen LogP contribution >= 0.6 is 11.6 Å². The van der Waals surface area contributed by atoms with E-state index in [-0.39, 0.29) is 0 Å². The van der Waals surface area contributed by atoms with Crippen LogP contribution in [0.3, 0.4) is 0 Å². The lowest BCUT2D eigenvalue weighted by Gasteiger charge is -2.14. The lowest BCUT2D eigenvalue weighted by atomic mass is 9.93. The Labute approximate surface area is 128 Å². The van der Waals surface area contributed by atoms with Gasteiger partial charge in [0, 0.05) is 22.5 Å². The molecule has 104 valence electrons. The fourth-order valence-corrected chi connectivity index (χ4v) is 2.84. The van der Waals surface area contributed by atoms with Gasteiger partial charge in [-0.05, 0) is 41.8 Å². The van der Waals surface area contributed by atoms with Crippen molar-refractivity contribution in [1.29, 1.82) is 0 Å². The van der Waals surface area contributed by atoms with Gasteiger partial charge in [0.1, 0.15) is 6.29 Å². The standard InChI is InChI=1S/C18H14ClNO/c1-12-15(9-10-21)18(13-5-3-2-4-6-13)16-11-14(19)7-8-17(16)20-12/h2-8,10-11H,9H2,1H3. The molecule has 1 aromatic heterocycles. The minimum atomic E-state index is 0.353. The van der Waals surface area contributed by atoms with E-state index in [1.807, 2.05) is 55.5 Å².